The number of nitrogens with zero attached hydrogens (tertiary/aromatic N) is 3. The number of methoxy groups -OCH3 is 1. The first-order valence-electron chi connectivity index (χ1n) is 11.7. The van der Waals surface area contributed by atoms with Gasteiger partial charge in [-0.1, -0.05) is 18.9 Å². The van der Waals surface area contributed by atoms with Gasteiger partial charge >= 0.3 is 0 Å². The van der Waals surface area contributed by atoms with Crippen LogP contribution >= 0.6 is 12.2 Å². The molecule has 1 aromatic carbocycles. The molecule has 2 atom stereocenters. The molecular formula is C25H29N5O3S2. The van der Waals surface area contributed by atoms with E-state index in [0.717, 1.165) is 23.2 Å². The Balaban J connectivity index is 1.58. The molecule has 10 heteroatoms. The van der Waals surface area contributed by atoms with Crippen molar-refractivity contribution in [1.29, 1.82) is 0 Å². The number of hydrogen-bond acceptors (Lipinski definition) is 5. The summed E-state index contributed by atoms with van der Waals surface area (Å²) in [6, 6.07) is 13.6. The largest absolute Gasteiger partial charge is 0.495 e. The lowest BCUT2D eigenvalue weighted by atomic mass is 9.98. The first-order valence-corrected chi connectivity index (χ1v) is 14.0. The molecule has 1 aliphatic carbocycles. The van der Waals surface area contributed by atoms with Gasteiger partial charge in [0.15, 0.2) is 5.11 Å². The Bertz CT molecular complexity index is 1320. The van der Waals surface area contributed by atoms with E-state index in [4.69, 9.17) is 17.0 Å². The van der Waals surface area contributed by atoms with Crippen LogP contribution in [0.1, 0.15) is 55.1 Å². The molecule has 1 saturated carbocycles. The molecule has 35 heavy (non-hydrogen) atoms. The van der Waals surface area contributed by atoms with E-state index in [9.17, 15) is 8.42 Å². The van der Waals surface area contributed by atoms with Gasteiger partial charge in [-0.3, -0.25) is 9.71 Å². The summed E-state index contributed by atoms with van der Waals surface area (Å²) in [5.74, 6) is 0.433. The number of thiocarbonyl (C=S) groups is 1. The van der Waals surface area contributed by atoms with Gasteiger partial charge in [0.25, 0.3) is 0 Å². The summed E-state index contributed by atoms with van der Waals surface area (Å²) in [6.07, 6.45) is 12.2. The van der Waals surface area contributed by atoms with Gasteiger partial charge in [0.2, 0.25) is 10.0 Å². The summed E-state index contributed by atoms with van der Waals surface area (Å²) in [6.45, 7) is 0. The Hall–Kier alpha value is -3.11. The molecule has 0 radical (unpaired) electrons. The van der Waals surface area contributed by atoms with Crippen molar-refractivity contribution < 1.29 is 13.2 Å². The molecule has 0 unspecified atom stereocenters. The van der Waals surface area contributed by atoms with E-state index < -0.39 is 10.0 Å². The van der Waals surface area contributed by atoms with Crippen LogP contribution < -0.4 is 19.7 Å². The third-order valence-electron chi connectivity index (χ3n) is 6.68. The molecule has 1 aliphatic heterocycles. The highest BCUT2D eigenvalue weighted by Crippen LogP contribution is 2.44. The maximum atomic E-state index is 12.0. The van der Waals surface area contributed by atoms with E-state index in [2.05, 4.69) is 38.1 Å². The molecule has 2 aromatic heterocycles. The second-order valence-corrected chi connectivity index (χ2v) is 11.2. The normalized spacial score (nSPS) is 20.7. The van der Waals surface area contributed by atoms with Crippen LogP contribution in [0.4, 0.5) is 11.4 Å². The van der Waals surface area contributed by atoms with Crippen LogP contribution in [-0.4, -0.2) is 36.4 Å². The first kappa shape index (κ1) is 23.6. The lowest BCUT2D eigenvalue weighted by molar-refractivity contribution is 0.417. The number of anilines is 2. The van der Waals surface area contributed by atoms with Gasteiger partial charge in [-0.05, 0) is 67.0 Å². The van der Waals surface area contributed by atoms with Crippen LogP contribution in [0.2, 0.25) is 0 Å². The number of benzene rings is 1. The smallest absolute Gasteiger partial charge is 0.229 e. The van der Waals surface area contributed by atoms with Gasteiger partial charge in [-0.15, -0.1) is 0 Å². The topological polar surface area (TPSA) is 88.5 Å². The molecule has 2 aliphatic rings. The van der Waals surface area contributed by atoms with E-state index in [1.807, 2.05) is 29.2 Å². The molecule has 2 fully saturated rings. The van der Waals surface area contributed by atoms with E-state index >= 15 is 0 Å². The first-order chi connectivity index (χ1) is 16.8. The summed E-state index contributed by atoms with van der Waals surface area (Å²) in [7, 11) is -1.99. The van der Waals surface area contributed by atoms with E-state index in [-0.39, 0.29) is 12.1 Å². The fourth-order valence-electron chi connectivity index (χ4n) is 5.13. The molecule has 3 heterocycles. The maximum Gasteiger partial charge on any atom is 0.229 e. The van der Waals surface area contributed by atoms with Gasteiger partial charge in [0.05, 0.1) is 36.8 Å². The van der Waals surface area contributed by atoms with E-state index in [1.54, 1.807) is 18.3 Å². The van der Waals surface area contributed by atoms with Crippen LogP contribution in [0.3, 0.4) is 0 Å². The van der Waals surface area contributed by atoms with Crippen molar-refractivity contribution in [3.63, 3.8) is 0 Å². The SMILES string of the molecule is COc1ccc(N2C(=S)N[C@@H](c3ccccn3)[C@H]2c2ccn(C3CCCC3)c2)cc1NS(C)(=O)=O. The molecular weight excluding hydrogens is 482 g/mol. The summed E-state index contributed by atoms with van der Waals surface area (Å²) >= 11 is 5.82. The second-order valence-electron chi connectivity index (χ2n) is 9.09. The summed E-state index contributed by atoms with van der Waals surface area (Å²) in [4.78, 5) is 6.65. The van der Waals surface area contributed by atoms with Gasteiger partial charge in [0, 0.05) is 30.3 Å². The van der Waals surface area contributed by atoms with E-state index in [0.29, 0.717) is 22.6 Å². The highest BCUT2D eigenvalue weighted by Gasteiger charge is 2.41. The van der Waals surface area contributed by atoms with Crippen molar-refractivity contribution in [3.8, 4) is 5.75 Å². The van der Waals surface area contributed by atoms with Crippen LogP contribution in [0.15, 0.2) is 61.1 Å². The van der Waals surface area contributed by atoms with Crippen LogP contribution in [0.5, 0.6) is 5.75 Å². The zero-order valence-electron chi connectivity index (χ0n) is 19.7. The minimum Gasteiger partial charge on any atom is -0.495 e. The summed E-state index contributed by atoms with van der Waals surface area (Å²) in [5, 5.41) is 4.01. The molecule has 2 N–H and O–H groups in total. The Morgan fingerprint density at radius 3 is 2.66 bits per heavy atom. The minimum absolute atomic E-state index is 0.167. The third-order valence-corrected chi connectivity index (χ3v) is 7.59. The molecule has 0 spiro atoms. The van der Waals surface area contributed by atoms with Crippen molar-refractivity contribution in [2.75, 3.05) is 23.0 Å². The standard InChI is InChI=1S/C25H29N5O3S2/c1-33-22-11-10-19(15-21(22)28-35(2,31)32)30-24(17-12-14-29(16-17)18-7-3-4-8-18)23(27-25(30)34)20-9-5-6-13-26-20/h5-6,9-16,18,23-24,28H,3-4,7-8H2,1-2H3,(H,27,34)/t23-,24+/m0/s1. The lowest BCUT2D eigenvalue weighted by Gasteiger charge is -2.28. The predicted octanol–water partition coefficient (Wildman–Crippen LogP) is 4.56. The highest BCUT2D eigenvalue weighted by atomic mass is 32.2. The average molecular weight is 512 g/mol. The number of aromatic nitrogens is 2. The minimum atomic E-state index is -3.50. The Labute approximate surface area is 211 Å². The number of nitrogens with one attached hydrogen (secondary N) is 2. The van der Waals surface area contributed by atoms with Crippen LogP contribution in [0, 0.1) is 0 Å². The molecule has 5 rings (SSSR count). The van der Waals surface area contributed by atoms with Gasteiger partial charge in [-0.2, -0.15) is 0 Å². The third kappa shape index (κ3) is 4.85. The highest BCUT2D eigenvalue weighted by molar-refractivity contribution is 7.92. The average Bonchev–Trinajstić information content (AvgIpc) is 3.58. The maximum absolute atomic E-state index is 12.0. The summed E-state index contributed by atoms with van der Waals surface area (Å²) in [5.41, 5.74) is 3.12. The Kier molecular flexibility index (Phi) is 6.41. The monoisotopic (exact) mass is 511 g/mol. The number of rotatable bonds is 7. The molecule has 0 amide bonds. The molecule has 184 valence electrons. The molecule has 8 nitrogen and oxygen atoms in total. The number of hydrogen-bond donors (Lipinski definition) is 2. The van der Waals surface area contributed by atoms with Gasteiger partial charge in [-0.25, -0.2) is 8.42 Å². The van der Waals surface area contributed by atoms with Crippen molar-refractivity contribution >= 4 is 38.7 Å². The zero-order valence-corrected chi connectivity index (χ0v) is 21.3. The van der Waals surface area contributed by atoms with Crippen LogP contribution in [0.25, 0.3) is 0 Å². The number of sulfonamides is 1. The fraction of sp³-hybridized carbons (Fsp3) is 0.360. The number of pyridine rings is 1. The van der Waals surface area contributed by atoms with Crippen molar-refractivity contribution in [3.05, 3.63) is 72.3 Å². The van der Waals surface area contributed by atoms with Gasteiger partial charge < -0.3 is 19.5 Å². The fourth-order valence-corrected chi connectivity index (χ4v) is 6.04. The Morgan fingerprint density at radius 2 is 1.97 bits per heavy atom. The lowest BCUT2D eigenvalue weighted by Crippen LogP contribution is -2.29. The zero-order chi connectivity index (χ0) is 24.6. The number of ether oxygens (including phenoxy) is 1. The molecule has 3 aromatic rings. The quantitative estimate of drug-likeness (QED) is 0.450. The van der Waals surface area contributed by atoms with E-state index in [1.165, 1.54) is 32.8 Å². The molecule has 0 bridgehead atoms. The van der Waals surface area contributed by atoms with Crippen molar-refractivity contribution in [2.24, 2.45) is 0 Å². The molecule has 1 saturated heterocycles. The predicted molar refractivity (Wildman–Crippen MR) is 141 cm³/mol. The van der Waals surface area contributed by atoms with Gasteiger partial charge in [0.1, 0.15) is 5.75 Å². The second kappa shape index (κ2) is 9.50. The van der Waals surface area contributed by atoms with Crippen molar-refractivity contribution in [1.82, 2.24) is 14.9 Å². The Morgan fingerprint density at radius 1 is 1.17 bits per heavy atom. The van der Waals surface area contributed by atoms with Crippen molar-refractivity contribution in [2.45, 2.75) is 43.8 Å². The van der Waals surface area contributed by atoms with Crippen LogP contribution in [-0.2, 0) is 10.0 Å². The summed E-state index contributed by atoms with van der Waals surface area (Å²) < 4.78 is 34.2.